The van der Waals surface area contributed by atoms with Crippen molar-refractivity contribution >= 4 is 11.8 Å². The summed E-state index contributed by atoms with van der Waals surface area (Å²) in [5.41, 5.74) is 1.14. The third kappa shape index (κ3) is 4.94. The van der Waals surface area contributed by atoms with Gasteiger partial charge in [-0.15, -0.1) is 0 Å². The summed E-state index contributed by atoms with van der Waals surface area (Å²) >= 11 is 0. The van der Waals surface area contributed by atoms with Gasteiger partial charge in [-0.25, -0.2) is 4.79 Å². The molecule has 2 heterocycles. The van der Waals surface area contributed by atoms with E-state index in [1.54, 1.807) is 33.9 Å². The van der Waals surface area contributed by atoms with Crippen LogP contribution >= 0.6 is 0 Å². The summed E-state index contributed by atoms with van der Waals surface area (Å²) in [7, 11) is 3.07. The fourth-order valence-electron chi connectivity index (χ4n) is 3.75. The molecule has 0 radical (unpaired) electrons. The van der Waals surface area contributed by atoms with Crippen LogP contribution < -0.4 is 9.47 Å². The van der Waals surface area contributed by atoms with Gasteiger partial charge in [0, 0.05) is 12.5 Å². The second-order valence-corrected chi connectivity index (χ2v) is 7.94. The number of carbonyl (C=O) groups excluding carboxylic acids is 2. The summed E-state index contributed by atoms with van der Waals surface area (Å²) in [6.45, 7) is 5.31. The van der Waals surface area contributed by atoms with Crippen molar-refractivity contribution in [3.8, 4) is 23.3 Å². The smallest absolute Gasteiger partial charge is 0.342 e. The summed E-state index contributed by atoms with van der Waals surface area (Å²) in [5.74, 6) is 4.77. The number of carbonyl (C=O) groups is 2. The number of ketones is 1. The first-order valence-corrected chi connectivity index (χ1v) is 10.1. The highest BCUT2D eigenvalue weighted by Gasteiger charge is 2.44. The van der Waals surface area contributed by atoms with Gasteiger partial charge in [-0.3, -0.25) is 4.79 Å². The molecule has 2 aliphatic heterocycles. The van der Waals surface area contributed by atoms with Gasteiger partial charge in [-0.1, -0.05) is 5.92 Å². The van der Waals surface area contributed by atoms with E-state index < -0.39 is 30.1 Å². The third-order valence-electron chi connectivity index (χ3n) is 5.10. The number of aryl methyl sites for hydroxylation is 1. The van der Waals surface area contributed by atoms with Crippen molar-refractivity contribution in [2.45, 2.75) is 70.6 Å². The molecule has 0 bridgehead atoms. The highest BCUT2D eigenvalue weighted by Crippen LogP contribution is 2.34. The van der Waals surface area contributed by atoms with Crippen LogP contribution in [-0.2, 0) is 25.4 Å². The Bertz CT molecular complexity index is 878. The number of methoxy groups -OCH3 is 2. The van der Waals surface area contributed by atoms with Crippen molar-refractivity contribution < 1.29 is 33.3 Å². The zero-order chi connectivity index (χ0) is 21.9. The molecule has 3 rings (SSSR count). The van der Waals surface area contributed by atoms with E-state index >= 15 is 0 Å². The van der Waals surface area contributed by atoms with E-state index in [2.05, 4.69) is 11.8 Å². The molecule has 0 saturated carbocycles. The maximum atomic E-state index is 12.9. The van der Waals surface area contributed by atoms with E-state index in [1.807, 2.05) is 6.07 Å². The molecule has 0 amide bonds. The van der Waals surface area contributed by atoms with Crippen LogP contribution in [0.15, 0.2) is 12.1 Å². The van der Waals surface area contributed by atoms with Crippen LogP contribution in [0.1, 0.15) is 56.0 Å². The quantitative estimate of drug-likeness (QED) is 0.416. The minimum atomic E-state index is -0.850. The first-order chi connectivity index (χ1) is 14.2. The SMILES string of the molecule is COc1cc2c(c(OC)c1)C(=O)O[C@@H](C)CC#CC(=O)[C@H]1OC(C)(C)O[C@H]1CCC2. The molecule has 30 heavy (non-hydrogen) atoms. The van der Waals surface area contributed by atoms with E-state index in [1.165, 1.54) is 7.11 Å². The van der Waals surface area contributed by atoms with Crippen LogP contribution in [0.25, 0.3) is 0 Å². The standard InChI is InChI=1S/C23H28O7/c1-14-8-6-10-17(24)21-18(29-23(2,3)30-21)11-7-9-15-12-16(26-4)13-19(27-5)20(15)22(25)28-14/h12-14,18,21H,7-9,11H2,1-5H3/t14-,18-,21+/m0/s1. The van der Waals surface area contributed by atoms with Gasteiger partial charge >= 0.3 is 5.97 Å². The minimum Gasteiger partial charge on any atom is -0.497 e. The van der Waals surface area contributed by atoms with Crippen molar-refractivity contribution in [2.24, 2.45) is 0 Å². The number of esters is 1. The van der Waals surface area contributed by atoms with Gasteiger partial charge in [0.05, 0.1) is 20.3 Å². The van der Waals surface area contributed by atoms with Crippen molar-refractivity contribution in [2.75, 3.05) is 14.2 Å². The summed E-state index contributed by atoms with van der Waals surface area (Å²) in [6, 6.07) is 3.48. The van der Waals surface area contributed by atoms with E-state index in [0.717, 1.165) is 5.56 Å². The molecule has 1 aromatic carbocycles. The van der Waals surface area contributed by atoms with Crippen LogP contribution in [0.3, 0.4) is 0 Å². The summed E-state index contributed by atoms with van der Waals surface area (Å²) in [4.78, 5) is 25.5. The Balaban J connectivity index is 1.97. The van der Waals surface area contributed by atoms with Crippen LogP contribution in [-0.4, -0.2) is 50.1 Å². The van der Waals surface area contributed by atoms with E-state index in [4.69, 9.17) is 23.7 Å². The number of ether oxygens (including phenoxy) is 5. The molecular weight excluding hydrogens is 388 g/mol. The number of rotatable bonds is 2. The largest absolute Gasteiger partial charge is 0.497 e. The predicted molar refractivity (Wildman–Crippen MR) is 109 cm³/mol. The van der Waals surface area contributed by atoms with Crippen LogP contribution in [0.2, 0.25) is 0 Å². The van der Waals surface area contributed by atoms with E-state index in [9.17, 15) is 9.59 Å². The fourth-order valence-corrected chi connectivity index (χ4v) is 3.75. The zero-order valence-electron chi connectivity index (χ0n) is 18.1. The summed E-state index contributed by atoms with van der Waals surface area (Å²) in [5, 5.41) is 0. The Labute approximate surface area is 177 Å². The lowest BCUT2D eigenvalue weighted by Crippen LogP contribution is -2.31. The lowest BCUT2D eigenvalue weighted by molar-refractivity contribution is -0.152. The minimum absolute atomic E-state index is 0.229. The normalized spacial score (nSPS) is 26.4. The second kappa shape index (κ2) is 9.07. The molecular formula is C23H28O7. The lowest BCUT2D eigenvalue weighted by Gasteiger charge is -2.19. The summed E-state index contributed by atoms with van der Waals surface area (Å²) in [6.07, 6.45) is 0.400. The molecule has 2 aliphatic rings. The van der Waals surface area contributed by atoms with Gasteiger partial charge in [-0.2, -0.15) is 0 Å². The Hall–Kier alpha value is -2.56. The van der Waals surface area contributed by atoms with Crippen molar-refractivity contribution in [3.05, 3.63) is 23.3 Å². The number of fused-ring (bicyclic) bond motifs is 2. The monoisotopic (exact) mass is 416 g/mol. The van der Waals surface area contributed by atoms with Crippen LogP contribution in [0.5, 0.6) is 11.5 Å². The maximum absolute atomic E-state index is 12.9. The molecule has 1 saturated heterocycles. The molecule has 7 nitrogen and oxygen atoms in total. The van der Waals surface area contributed by atoms with Crippen LogP contribution in [0.4, 0.5) is 0 Å². The van der Waals surface area contributed by atoms with Gasteiger partial charge in [0.1, 0.15) is 23.2 Å². The molecule has 0 aromatic heterocycles. The van der Waals surface area contributed by atoms with E-state index in [0.29, 0.717) is 36.3 Å². The van der Waals surface area contributed by atoms with Gasteiger partial charge in [0.15, 0.2) is 11.9 Å². The molecule has 162 valence electrons. The molecule has 0 aliphatic carbocycles. The Morgan fingerprint density at radius 1 is 1.13 bits per heavy atom. The Morgan fingerprint density at radius 3 is 2.60 bits per heavy atom. The number of hydrogen-bond donors (Lipinski definition) is 0. The molecule has 1 aromatic rings. The highest BCUT2D eigenvalue weighted by atomic mass is 16.8. The van der Waals surface area contributed by atoms with Crippen molar-refractivity contribution in [3.63, 3.8) is 0 Å². The zero-order valence-corrected chi connectivity index (χ0v) is 18.1. The molecule has 0 unspecified atom stereocenters. The predicted octanol–water partition coefficient (Wildman–Crippen LogP) is 3.07. The number of benzene rings is 1. The molecule has 3 atom stereocenters. The highest BCUT2D eigenvalue weighted by molar-refractivity contribution is 5.99. The average Bonchev–Trinajstić information content (AvgIpc) is 3.00. The van der Waals surface area contributed by atoms with Gasteiger partial charge < -0.3 is 23.7 Å². The molecule has 0 N–H and O–H groups in total. The lowest BCUT2D eigenvalue weighted by atomic mass is 9.97. The topological polar surface area (TPSA) is 80.3 Å². The fraction of sp³-hybridized carbons (Fsp3) is 0.565. The molecule has 0 spiro atoms. The average molecular weight is 416 g/mol. The Morgan fingerprint density at radius 2 is 1.90 bits per heavy atom. The first kappa shape index (κ1) is 22.1. The van der Waals surface area contributed by atoms with Gasteiger partial charge in [-0.05, 0) is 57.6 Å². The van der Waals surface area contributed by atoms with Gasteiger partial charge in [0.2, 0.25) is 5.78 Å². The Kier molecular flexibility index (Phi) is 6.69. The molecule has 7 heteroatoms. The van der Waals surface area contributed by atoms with E-state index in [-0.39, 0.29) is 12.2 Å². The third-order valence-corrected chi connectivity index (χ3v) is 5.10. The van der Waals surface area contributed by atoms with Gasteiger partial charge in [0.25, 0.3) is 0 Å². The number of Topliss-reactive ketones (excluding diaryl/α,β-unsaturated/α-hetero) is 1. The molecule has 1 fully saturated rings. The van der Waals surface area contributed by atoms with Crippen LogP contribution in [0, 0.1) is 11.8 Å². The van der Waals surface area contributed by atoms with Crippen molar-refractivity contribution in [1.29, 1.82) is 0 Å². The summed E-state index contributed by atoms with van der Waals surface area (Å²) < 4.78 is 28.1. The maximum Gasteiger partial charge on any atom is 0.342 e. The number of hydrogen-bond acceptors (Lipinski definition) is 7. The van der Waals surface area contributed by atoms with Crippen molar-refractivity contribution in [1.82, 2.24) is 0 Å². The number of cyclic esters (lactones) is 1. The first-order valence-electron chi connectivity index (χ1n) is 10.1. The second-order valence-electron chi connectivity index (χ2n) is 7.94.